The topological polar surface area (TPSA) is 86.1 Å². The number of hydrogen-bond acceptors (Lipinski definition) is 5. The molecule has 1 aliphatic heterocycles. The molecular formula is C31H52BN3O5. The summed E-state index contributed by atoms with van der Waals surface area (Å²) in [6.45, 7) is 23.8. The smallest absolute Gasteiger partial charge is 0.465 e. The van der Waals surface area contributed by atoms with Crippen molar-refractivity contribution in [2.75, 3.05) is 19.7 Å². The molecule has 4 aliphatic carbocycles. The van der Waals surface area contributed by atoms with Crippen molar-refractivity contribution in [2.45, 2.75) is 131 Å². The minimum atomic E-state index is -0.869. The molecule has 2 atom stereocenters. The Morgan fingerprint density at radius 2 is 1.60 bits per heavy atom. The molecule has 1 saturated heterocycles. The fourth-order valence-corrected chi connectivity index (χ4v) is 9.48. The van der Waals surface area contributed by atoms with Gasteiger partial charge in [0.25, 0.3) is 0 Å². The number of ether oxygens (including phenoxy) is 1. The number of carboxylic acid groups (broad SMARTS) is 1. The van der Waals surface area contributed by atoms with Crippen molar-refractivity contribution in [3.05, 3.63) is 11.9 Å². The van der Waals surface area contributed by atoms with E-state index in [9.17, 15) is 9.90 Å². The molecule has 6 rings (SSSR count). The fraction of sp³-hybridized carbons (Fsp3) is 0.871. The van der Waals surface area contributed by atoms with Gasteiger partial charge < -0.3 is 24.1 Å². The first kappa shape index (κ1) is 29.9. The van der Waals surface area contributed by atoms with Gasteiger partial charge in [0.15, 0.2) is 0 Å². The molecular weight excluding hydrogens is 505 g/mol. The van der Waals surface area contributed by atoms with Gasteiger partial charge >= 0.3 is 13.2 Å². The maximum atomic E-state index is 11.9. The molecule has 1 aromatic rings. The van der Waals surface area contributed by atoms with Crippen LogP contribution in [0.4, 0.5) is 4.79 Å². The zero-order valence-corrected chi connectivity index (χ0v) is 26.6. The Bertz CT molecular complexity index is 1120. The number of amides is 1. The lowest BCUT2D eigenvalue weighted by Crippen LogP contribution is -2.64. The Labute approximate surface area is 241 Å². The van der Waals surface area contributed by atoms with Gasteiger partial charge in [-0.25, -0.2) is 4.79 Å². The first-order valence-corrected chi connectivity index (χ1v) is 15.2. The first-order chi connectivity index (χ1) is 18.2. The van der Waals surface area contributed by atoms with Gasteiger partial charge in [0, 0.05) is 37.0 Å². The zero-order valence-electron chi connectivity index (χ0n) is 26.6. The van der Waals surface area contributed by atoms with Crippen LogP contribution in [0.15, 0.2) is 6.20 Å². The fourth-order valence-electron chi connectivity index (χ4n) is 9.48. The third-order valence-corrected chi connectivity index (χ3v) is 10.5. The number of carbonyl (C=O) groups is 1. The highest BCUT2D eigenvalue weighted by Gasteiger charge is 2.66. The summed E-state index contributed by atoms with van der Waals surface area (Å²) in [7, 11) is -0.412. The van der Waals surface area contributed by atoms with Gasteiger partial charge in [-0.15, -0.1) is 0 Å². The molecule has 8 nitrogen and oxygen atoms in total. The highest BCUT2D eigenvalue weighted by Crippen LogP contribution is 2.72. The highest BCUT2D eigenvalue weighted by atomic mass is 16.7. The maximum absolute atomic E-state index is 11.9. The number of rotatable bonds is 8. The second-order valence-corrected chi connectivity index (χ2v) is 16.9. The average Bonchev–Trinajstić information content (AvgIpc) is 3.18. The van der Waals surface area contributed by atoms with Gasteiger partial charge in [0.2, 0.25) is 0 Å². The van der Waals surface area contributed by atoms with E-state index in [0.29, 0.717) is 19.7 Å². The summed E-state index contributed by atoms with van der Waals surface area (Å²) in [4.78, 5) is 13.4. The van der Waals surface area contributed by atoms with Crippen LogP contribution in [0.1, 0.15) is 107 Å². The van der Waals surface area contributed by atoms with Gasteiger partial charge in [0.1, 0.15) is 0 Å². The first-order valence-electron chi connectivity index (χ1n) is 15.2. The van der Waals surface area contributed by atoms with Crippen molar-refractivity contribution >= 4 is 18.7 Å². The third kappa shape index (κ3) is 5.47. The van der Waals surface area contributed by atoms with Crippen LogP contribution in [0, 0.1) is 28.6 Å². The van der Waals surface area contributed by atoms with Crippen molar-refractivity contribution in [1.82, 2.24) is 14.7 Å². The van der Waals surface area contributed by atoms with E-state index < -0.39 is 13.2 Å². The van der Waals surface area contributed by atoms with Crippen molar-refractivity contribution in [2.24, 2.45) is 21.7 Å². The molecule has 0 radical (unpaired) electrons. The highest BCUT2D eigenvalue weighted by molar-refractivity contribution is 6.62. The minimum absolute atomic E-state index is 0.0926. The second-order valence-electron chi connectivity index (χ2n) is 16.9. The van der Waals surface area contributed by atoms with Gasteiger partial charge in [-0.3, -0.25) is 4.68 Å². The van der Waals surface area contributed by atoms with Crippen molar-refractivity contribution in [1.29, 1.82) is 0 Å². The number of aromatic nitrogens is 2. The predicted molar refractivity (Wildman–Crippen MR) is 157 cm³/mol. The maximum Gasteiger partial charge on any atom is 0.498 e. The Kier molecular flexibility index (Phi) is 6.89. The number of nitrogens with zero attached hydrogens (tertiary/aromatic N) is 3. The third-order valence-electron chi connectivity index (χ3n) is 10.5. The van der Waals surface area contributed by atoms with Crippen LogP contribution in [0.3, 0.4) is 0 Å². The van der Waals surface area contributed by atoms with E-state index in [1.54, 1.807) is 0 Å². The quantitative estimate of drug-likeness (QED) is 0.416. The summed E-state index contributed by atoms with van der Waals surface area (Å²) in [5.41, 5.74) is 1.58. The lowest BCUT2D eigenvalue weighted by Gasteiger charge is -2.69. The monoisotopic (exact) mass is 557 g/mol. The van der Waals surface area contributed by atoms with Crippen LogP contribution in [0.25, 0.3) is 0 Å². The van der Waals surface area contributed by atoms with E-state index in [4.69, 9.17) is 19.1 Å². The van der Waals surface area contributed by atoms with Crippen LogP contribution >= 0.6 is 0 Å². The van der Waals surface area contributed by atoms with Crippen LogP contribution in [-0.2, 0) is 20.6 Å². The molecule has 4 saturated carbocycles. The van der Waals surface area contributed by atoms with Crippen molar-refractivity contribution < 1.29 is 23.9 Å². The normalized spacial score (nSPS) is 35.9. The number of hydrogen-bond donors (Lipinski definition) is 1. The molecule has 0 spiro atoms. The van der Waals surface area contributed by atoms with Gasteiger partial charge in [-0.2, -0.15) is 5.10 Å². The SMILES string of the molecule is Cc1c(B2OC(C)(C)C(C)(C)O2)cnn1CC12CC3(C)CC(C)(C1)CC(OCCN(CC(C)(C)C)C(=O)O)(C3)C2. The summed E-state index contributed by atoms with van der Waals surface area (Å²) in [6, 6.07) is 0. The Hall–Kier alpha value is -1.58. The van der Waals surface area contributed by atoms with E-state index in [1.807, 2.05) is 6.20 Å². The molecule has 1 aromatic heterocycles. The molecule has 4 bridgehead atoms. The molecule has 0 aromatic carbocycles. The molecule has 224 valence electrons. The average molecular weight is 558 g/mol. The van der Waals surface area contributed by atoms with Crippen molar-refractivity contribution in [3.8, 4) is 0 Å². The van der Waals surface area contributed by atoms with E-state index in [1.165, 1.54) is 24.2 Å². The van der Waals surface area contributed by atoms with Gasteiger partial charge in [-0.05, 0) is 94.8 Å². The van der Waals surface area contributed by atoms with Crippen LogP contribution in [0.2, 0.25) is 0 Å². The summed E-state index contributed by atoms with van der Waals surface area (Å²) in [6.07, 6.45) is 7.77. The van der Waals surface area contributed by atoms with E-state index in [0.717, 1.165) is 37.0 Å². The largest absolute Gasteiger partial charge is 0.498 e. The Morgan fingerprint density at radius 3 is 2.12 bits per heavy atom. The lowest BCUT2D eigenvalue weighted by molar-refractivity contribution is -0.248. The van der Waals surface area contributed by atoms with E-state index in [-0.39, 0.29) is 38.5 Å². The minimum Gasteiger partial charge on any atom is -0.465 e. The lowest BCUT2D eigenvalue weighted by atomic mass is 9.39. The predicted octanol–water partition coefficient (Wildman–Crippen LogP) is 5.65. The standard InChI is InChI=1S/C31H52BN3O5/c1-22-23(32-39-26(5,6)27(7,8)40-32)13-33-35(22)21-30-15-28(9)14-29(10,16-30)18-31(17-28,19-30)38-12-11-34(24(36)37)20-25(2,3)4/h13H,11-12,14-21H2,1-10H3,(H,36,37). The molecule has 2 unspecified atom stereocenters. The molecule has 40 heavy (non-hydrogen) atoms. The molecule has 9 heteroatoms. The van der Waals surface area contributed by atoms with Crippen molar-refractivity contribution in [3.63, 3.8) is 0 Å². The molecule has 1 N–H and O–H groups in total. The summed E-state index contributed by atoms with van der Waals surface area (Å²) < 4.78 is 21.7. The second kappa shape index (κ2) is 9.21. The van der Waals surface area contributed by atoms with Crippen LogP contribution in [0.5, 0.6) is 0 Å². The van der Waals surface area contributed by atoms with Crippen LogP contribution in [-0.4, -0.2) is 69.5 Å². The van der Waals surface area contributed by atoms with E-state index >= 15 is 0 Å². The molecule has 2 heterocycles. The Balaban J connectivity index is 1.34. The van der Waals surface area contributed by atoms with Gasteiger partial charge in [-0.1, -0.05) is 34.6 Å². The summed E-state index contributed by atoms with van der Waals surface area (Å²) in [5.74, 6) is 0. The Morgan fingerprint density at radius 1 is 1.02 bits per heavy atom. The van der Waals surface area contributed by atoms with Crippen LogP contribution < -0.4 is 5.46 Å². The summed E-state index contributed by atoms with van der Waals surface area (Å²) in [5, 5.41) is 14.7. The summed E-state index contributed by atoms with van der Waals surface area (Å²) >= 11 is 0. The molecule has 5 fully saturated rings. The molecule has 5 aliphatic rings. The van der Waals surface area contributed by atoms with E-state index in [2.05, 4.69) is 73.9 Å². The zero-order chi connectivity index (χ0) is 29.6. The molecule has 1 amide bonds. The van der Waals surface area contributed by atoms with Gasteiger partial charge in [0.05, 0.1) is 23.4 Å².